The molecule has 3 aromatic heterocycles. The van der Waals surface area contributed by atoms with Crippen LogP contribution in [0.2, 0.25) is 0 Å². The van der Waals surface area contributed by atoms with E-state index < -0.39 is 0 Å². The number of hydrogen-bond acceptors (Lipinski definition) is 5. The zero-order chi connectivity index (χ0) is 16.7. The van der Waals surface area contributed by atoms with Crippen molar-refractivity contribution in [3.63, 3.8) is 0 Å². The number of nitrogens with zero attached hydrogens (tertiary/aromatic N) is 5. The lowest BCUT2D eigenvalue weighted by molar-refractivity contribution is 0.628. The minimum atomic E-state index is -0.297. The smallest absolute Gasteiger partial charge is 0.219 e. The Kier molecular flexibility index (Phi) is 3.19. The van der Waals surface area contributed by atoms with Crippen LogP contribution in [0, 0.1) is 12.7 Å². The molecule has 0 aliphatic carbocycles. The van der Waals surface area contributed by atoms with Crippen molar-refractivity contribution in [2.45, 2.75) is 6.92 Å². The Balaban J connectivity index is 2.02. The zero-order valence-electron chi connectivity index (χ0n) is 12.8. The molecule has 0 saturated carbocycles. The molecule has 3 heterocycles. The first-order chi connectivity index (χ1) is 11.6. The second-order valence-electron chi connectivity index (χ2n) is 5.41. The highest BCUT2D eigenvalue weighted by Crippen LogP contribution is 2.34. The Labute approximate surface area is 136 Å². The summed E-state index contributed by atoms with van der Waals surface area (Å²) in [7, 11) is 0. The maximum atomic E-state index is 13.3. The highest BCUT2D eigenvalue weighted by Gasteiger charge is 2.18. The predicted octanol–water partition coefficient (Wildman–Crippen LogP) is 2.88. The topological polar surface area (TPSA) is 82.0 Å². The number of fused-ring (bicyclic) bond motifs is 1. The molecule has 0 bridgehead atoms. The number of benzene rings is 1. The molecule has 0 atom stereocenters. The van der Waals surface area contributed by atoms with Gasteiger partial charge in [0.05, 0.1) is 11.2 Å². The van der Waals surface area contributed by atoms with Crippen LogP contribution in [0.4, 0.5) is 10.3 Å². The number of nitrogen functional groups attached to an aromatic ring is 1. The SMILES string of the molecule is Cc1ccc2c(-c3cnc(N)nc3)c(-c3ccc(F)cc3)nn2n1. The highest BCUT2D eigenvalue weighted by atomic mass is 19.1. The summed E-state index contributed by atoms with van der Waals surface area (Å²) in [6.07, 6.45) is 3.29. The Hall–Kier alpha value is -3.35. The Morgan fingerprint density at radius 1 is 0.917 bits per heavy atom. The molecule has 0 amide bonds. The molecule has 118 valence electrons. The first kappa shape index (κ1) is 14.3. The predicted molar refractivity (Wildman–Crippen MR) is 88.6 cm³/mol. The molecule has 0 aliphatic rings. The lowest BCUT2D eigenvalue weighted by atomic mass is 10.0. The van der Waals surface area contributed by atoms with Crippen molar-refractivity contribution in [1.82, 2.24) is 24.8 Å². The van der Waals surface area contributed by atoms with Crippen LogP contribution < -0.4 is 5.73 Å². The molecule has 0 fully saturated rings. The summed E-state index contributed by atoms with van der Waals surface area (Å²) in [6.45, 7) is 1.89. The number of rotatable bonds is 2. The van der Waals surface area contributed by atoms with Crippen molar-refractivity contribution in [1.29, 1.82) is 0 Å². The van der Waals surface area contributed by atoms with Crippen molar-refractivity contribution >= 4 is 11.5 Å². The molecule has 0 unspecified atom stereocenters. The van der Waals surface area contributed by atoms with E-state index in [1.807, 2.05) is 19.1 Å². The van der Waals surface area contributed by atoms with Gasteiger partial charge in [-0.2, -0.15) is 9.73 Å². The van der Waals surface area contributed by atoms with Gasteiger partial charge in [0.1, 0.15) is 11.5 Å². The first-order valence-corrected chi connectivity index (χ1v) is 7.32. The normalized spacial score (nSPS) is 11.1. The molecular weight excluding hydrogens is 307 g/mol. The molecule has 0 aliphatic heterocycles. The quantitative estimate of drug-likeness (QED) is 0.614. The Bertz CT molecular complexity index is 1020. The Morgan fingerprint density at radius 3 is 2.33 bits per heavy atom. The van der Waals surface area contributed by atoms with Crippen molar-refractivity contribution in [3.05, 3.63) is 60.3 Å². The van der Waals surface area contributed by atoms with Crippen LogP contribution in [0.1, 0.15) is 5.69 Å². The van der Waals surface area contributed by atoms with Gasteiger partial charge in [0.25, 0.3) is 0 Å². The van der Waals surface area contributed by atoms with Gasteiger partial charge in [-0.1, -0.05) is 0 Å². The third kappa shape index (κ3) is 2.36. The lowest BCUT2D eigenvalue weighted by Gasteiger charge is -2.03. The molecule has 1 aromatic carbocycles. The summed E-state index contributed by atoms with van der Waals surface area (Å²) in [6, 6.07) is 10.0. The number of aromatic nitrogens is 5. The van der Waals surface area contributed by atoms with Gasteiger partial charge >= 0.3 is 0 Å². The second kappa shape index (κ2) is 5.38. The van der Waals surface area contributed by atoms with Crippen molar-refractivity contribution in [2.24, 2.45) is 0 Å². The van der Waals surface area contributed by atoms with Crippen LogP contribution in [0.25, 0.3) is 27.9 Å². The van der Waals surface area contributed by atoms with Gasteiger partial charge in [0.2, 0.25) is 5.95 Å². The molecule has 24 heavy (non-hydrogen) atoms. The summed E-state index contributed by atoms with van der Waals surface area (Å²) < 4.78 is 14.8. The fraction of sp³-hybridized carbons (Fsp3) is 0.0588. The molecule has 0 radical (unpaired) electrons. The third-order valence-corrected chi connectivity index (χ3v) is 3.72. The molecule has 0 saturated heterocycles. The molecule has 4 rings (SSSR count). The number of aryl methyl sites for hydroxylation is 1. The van der Waals surface area contributed by atoms with Gasteiger partial charge in [-0.05, 0) is 43.3 Å². The summed E-state index contributed by atoms with van der Waals surface area (Å²) >= 11 is 0. The van der Waals surface area contributed by atoms with Gasteiger partial charge in [0.15, 0.2) is 0 Å². The van der Waals surface area contributed by atoms with Crippen molar-refractivity contribution in [3.8, 4) is 22.4 Å². The fourth-order valence-corrected chi connectivity index (χ4v) is 2.59. The van der Waals surface area contributed by atoms with Gasteiger partial charge in [-0.15, -0.1) is 5.10 Å². The maximum Gasteiger partial charge on any atom is 0.219 e. The largest absolute Gasteiger partial charge is 0.368 e. The molecule has 4 aromatic rings. The monoisotopic (exact) mass is 320 g/mol. The van der Waals surface area contributed by atoms with E-state index in [4.69, 9.17) is 5.73 Å². The number of nitrogens with two attached hydrogens (primary N) is 1. The first-order valence-electron chi connectivity index (χ1n) is 7.32. The lowest BCUT2D eigenvalue weighted by Crippen LogP contribution is -1.95. The second-order valence-corrected chi connectivity index (χ2v) is 5.41. The van der Waals surface area contributed by atoms with Crippen LogP contribution in [0.3, 0.4) is 0 Å². The van der Waals surface area contributed by atoms with Crippen LogP contribution in [0.5, 0.6) is 0 Å². The van der Waals surface area contributed by atoms with Gasteiger partial charge in [0, 0.05) is 29.1 Å². The molecule has 0 spiro atoms. The standard InChI is InChI=1S/C17H13FN6/c1-10-2-7-14-15(12-8-20-17(19)21-9-12)16(23-24(14)22-10)11-3-5-13(18)6-4-11/h2-9H,1H3,(H2,19,20,21). The van der Waals surface area contributed by atoms with Gasteiger partial charge in [-0.25, -0.2) is 14.4 Å². The summed E-state index contributed by atoms with van der Waals surface area (Å²) in [5.41, 5.74) is 10.3. The summed E-state index contributed by atoms with van der Waals surface area (Å²) in [5.74, 6) is -0.0959. The average Bonchev–Trinajstić information content (AvgIpc) is 2.94. The van der Waals surface area contributed by atoms with Crippen LogP contribution in [-0.4, -0.2) is 24.8 Å². The van der Waals surface area contributed by atoms with E-state index in [1.165, 1.54) is 12.1 Å². The van der Waals surface area contributed by atoms with Crippen molar-refractivity contribution in [2.75, 3.05) is 5.73 Å². The zero-order valence-corrected chi connectivity index (χ0v) is 12.8. The van der Waals surface area contributed by atoms with E-state index in [1.54, 1.807) is 29.2 Å². The van der Waals surface area contributed by atoms with Crippen LogP contribution >= 0.6 is 0 Å². The van der Waals surface area contributed by atoms with Crippen molar-refractivity contribution < 1.29 is 4.39 Å². The molecule has 7 heteroatoms. The van der Waals surface area contributed by atoms with E-state index in [0.29, 0.717) is 5.69 Å². The third-order valence-electron chi connectivity index (χ3n) is 3.72. The molecule has 2 N–H and O–H groups in total. The maximum absolute atomic E-state index is 13.3. The fourth-order valence-electron chi connectivity index (χ4n) is 2.59. The molecular formula is C17H13FN6. The minimum absolute atomic E-state index is 0.201. The van der Waals surface area contributed by atoms with E-state index in [0.717, 1.165) is 27.9 Å². The summed E-state index contributed by atoms with van der Waals surface area (Å²) in [5, 5.41) is 8.98. The van der Waals surface area contributed by atoms with Gasteiger partial charge in [-0.3, -0.25) is 0 Å². The average molecular weight is 320 g/mol. The number of hydrogen-bond donors (Lipinski definition) is 1. The van der Waals surface area contributed by atoms with E-state index in [9.17, 15) is 4.39 Å². The number of halogens is 1. The van der Waals surface area contributed by atoms with E-state index >= 15 is 0 Å². The molecule has 6 nitrogen and oxygen atoms in total. The summed E-state index contributed by atoms with van der Waals surface area (Å²) in [4.78, 5) is 8.12. The minimum Gasteiger partial charge on any atom is -0.368 e. The highest BCUT2D eigenvalue weighted by molar-refractivity contribution is 5.91. The van der Waals surface area contributed by atoms with Crippen LogP contribution in [-0.2, 0) is 0 Å². The number of anilines is 1. The van der Waals surface area contributed by atoms with E-state index in [-0.39, 0.29) is 11.8 Å². The van der Waals surface area contributed by atoms with Gasteiger partial charge < -0.3 is 5.73 Å². The van der Waals surface area contributed by atoms with E-state index in [2.05, 4.69) is 20.2 Å². The van der Waals surface area contributed by atoms with Crippen LogP contribution in [0.15, 0.2) is 48.8 Å². The Morgan fingerprint density at radius 2 is 1.62 bits per heavy atom.